The quantitative estimate of drug-likeness (QED) is 0.902. The van der Waals surface area contributed by atoms with Gasteiger partial charge in [0.25, 0.3) is 11.5 Å². The van der Waals surface area contributed by atoms with Gasteiger partial charge in [-0.15, -0.1) is 0 Å². The number of hydrogen-bond donors (Lipinski definition) is 1. The van der Waals surface area contributed by atoms with Crippen LogP contribution in [-0.2, 0) is 24.1 Å². The molecule has 2 aromatic heterocycles. The number of carbonyl (C=O) groups is 1. The number of aryl methyl sites for hydroxylation is 2. The van der Waals surface area contributed by atoms with E-state index in [0.717, 1.165) is 36.9 Å². The van der Waals surface area contributed by atoms with Crippen LogP contribution in [0.15, 0.2) is 29.3 Å². The molecule has 1 aliphatic carbocycles. The summed E-state index contributed by atoms with van der Waals surface area (Å²) in [6.45, 7) is 2.27. The normalized spacial score (nSPS) is 20.3. The Bertz CT molecular complexity index is 812. The molecule has 0 saturated carbocycles. The van der Waals surface area contributed by atoms with Crippen LogP contribution in [0.4, 0.5) is 0 Å². The van der Waals surface area contributed by atoms with E-state index in [9.17, 15) is 9.59 Å². The second-order valence-corrected chi connectivity index (χ2v) is 6.70. The van der Waals surface area contributed by atoms with Crippen LogP contribution in [0, 0.1) is 0 Å². The smallest absolute Gasteiger partial charge is 0.261 e. The molecule has 1 fully saturated rings. The Morgan fingerprint density at radius 2 is 2.28 bits per heavy atom. The minimum atomic E-state index is -0.278. The lowest BCUT2D eigenvalue weighted by molar-refractivity contribution is 0.0367. The van der Waals surface area contributed by atoms with E-state index in [1.165, 1.54) is 0 Å². The van der Waals surface area contributed by atoms with Crippen molar-refractivity contribution < 1.29 is 9.53 Å². The molecule has 0 bridgehead atoms. The molecule has 3 heterocycles. The summed E-state index contributed by atoms with van der Waals surface area (Å²) in [5, 5.41) is 4.20. The van der Waals surface area contributed by atoms with Crippen molar-refractivity contribution in [3.63, 3.8) is 0 Å². The molecule has 1 atom stereocenters. The third-order valence-corrected chi connectivity index (χ3v) is 4.91. The standard InChI is InChI=1S/C18H22N4O3/c23-17-15(10-13-4-1-5-16(13)20-17)18(24)21-7-3-9-25-14(11-21)12-22-8-2-6-19-22/h2,6,8,10,14H,1,3-5,7,9,11-12H2,(H,20,23)/t14-/m1/s1. The number of hydrogen-bond acceptors (Lipinski definition) is 4. The van der Waals surface area contributed by atoms with E-state index in [4.69, 9.17) is 4.74 Å². The number of amides is 1. The molecule has 0 radical (unpaired) electrons. The van der Waals surface area contributed by atoms with E-state index in [1.54, 1.807) is 21.8 Å². The van der Waals surface area contributed by atoms with Crippen LogP contribution in [0.25, 0.3) is 0 Å². The van der Waals surface area contributed by atoms with Gasteiger partial charge in [0.1, 0.15) is 5.56 Å². The summed E-state index contributed by atoms with van der Waals surface area (Å²) in [5.74, 6) is -0.202. The van der Waals surface area contributed by atoms with Crippen molar-refractivity contribution in [2.75, 3.05) is 19.7 Å². The number of aromatic nitrogens is 3. The number of nitrogens with zero attached hydrogens (tertiary/aromatic N) is 3. The van der Waals surface area contributed by atoms with Crippen LogP contribution < -0.4 is 5.56 Å². The molecule has 25 heavy (non-hydrogen) atoms. The maximum atomic E-state index is 12.9. The van der Waals surface area contributed by atoms with Crippen molar-refractivity contribution in [1.82, 2.24) is 19.7 Å². The fourth-order valence-corrected chi connectivity index (χ4v) is 3.65. The van der Waals surface area contributed by atoms with E-state index in [2.05, 4.69) is 10.1 Å². The second kappa shape index (κ2) is 6.84. The van der Waals surface area contributed by atoms with Gasteiger partial charge in [0, 0.05) is 37.8 Å². The highest BCUT2D eigenvalue weighted by molar-refractivity contribution is 5.94. The summed E-state index contributed by atoms with van der Waals surface area (Å²) in [5.41, 5.74) is 2.05. The van der Waals surface area contributed by atoms with Gasteiger partial charge in [-0.05, 0) is 43.4 Å². The van der Waals surface area contributed by atoms with E-state index < -0.39 is 0 Å². The molecule has 2 aromatic rings. The third-order valence-electron chi connectivity index (χ3n) is 4.91. The van der Waals surface area contributed by atoms with Crippen molar-refractivity contribution >= 4 is 5.91 Å². The lowest BCUT2D eigenvalue weighted by atomic mass is 10.1. The molecule has 7 nitrogen and oxygen atoms in total. The van der Waals surface area contributed by atoms with Gasteiger partial charge in [0.2, 0.25) is 0 Å². The number of ether oxygens (including phenoxy) is 1. The number of aromatic amines is 1. The third kappa shape index (κ3) is 3.37. The van der Waals surface area contributed by atoms with Crippen LogP contribution >= 0.6 is 0 Å². The van der Waals surface area contributed by atoms with E-state index in [1.807, 2.05) is 12.3 Å². The summed E-state index contributed by atoms with van der Waals surface area (Å²) in [6, 6.07) is 3.65. The van der Waals surface area contributed by atoms with Gasteiger partial charge in [-0.25, -0.2) is 0 Å². The molecule has 0 unspecified atom stereocenters. The molecule has 1 N–H and O–H groups in total. The predicted molar refractivity (Wildman–Crippen MR) is 91.6 cm³/mol. The number of fused-ring (bicyclic) bond motifs is 1. The number of rotatable bonds is 3. The minimum absolute atomic E-state index is 0.125. The Labute approximate surface area is 145 Å². The molecule has 0 aromatic carbocycles. The summed E-state index contributed by atoms with van der Waals surface area (Å²) in [6.07, 6.45) is 7.10. The van der Waals surface area contributed by atoms with Gasteiger partial charge >= 0.3 is 0 Å². The monoisotopic (exact) mass is 342 g/mol. The Morgan fingerprint density at radius 1 is 1.36 bits per heavy atom. The highest BCUT2D eigenvalue weighted by atomic mass is 16.5. The summed E-state index contributed by atoms with van der Waals surface area (Å²) in [7, 11) is 0. The highest BCUT2D eigenvalue weighted by Gasteiger charge is 2.26. The fourth-order valence-electron chi connectivity index (χ4n) is 3.65. The summed E-state index contributed by atoms with van der Waals surface area (Å²) >= 11 is 0. The predicted octanol–water partition coefficient (Wildman–Crippen LogP) is 0.991. The first-order valence-electron chi connectivity index (χ1n) is 8.84. The number of pyridine rings is 1. The number of nitrogens with one attached hydrogen (secondary N) is 1. The first kappa shape index (κ1) is 16.1. The second-order valence-electron chi connectivity index (χ2n) is 6.70. The Balaban J connectivity index is 1.53. The lowest BCUT2D eigenvalue weighted by Crippen LogP contribution is -2.40. The lowest BCUT2D eigenvalue weighted by Gasteiger charge is -2.24. The van der Waals surface area contributed by atoms with Gasteiger partial charge in [0.05, 0.1) is 12.6 Å². The van der Waals surface area contributed by atoms with Crippen LogP contribution in [0.1, 0.15) is 34.5 Å². The van der Waals surface area contributed by atoms with Crippen LogP contribution in [0.5, 0.6) is 0 Å². The van der Waals surface area contributed by atoms with Crippen LogP contribution in [0.3, 0.4) is 0 Å². The molecule has 4 rings (SSSR count). The zero-order chi connectivity index (χ0) is 17.2. The molecule has 1 amide bonds. The largest absolute Gasteiger partial charge is 0.374 e. The molecule has 132 valence electrons. The first-order valence-corrected chi connectivity index (χ1v) is 8.84. The minimum Gasteiger partial charge on any atom is -0.374 e. The molecule has 1 aliphatic heterocycles. The molecule has 1 saturated heterocycles. The maximum absolute atomic E-state index is 12.9. The number of carbonyl (C=O) groups excluding carboxylic acids is 1. The average molecular weight is 342 g/mol. The topological polar surface area (TPSA) is 80.2 Å². The molecule has 7 heteroatoms. The summed E-state index contributed by atoms with van der Waals surface area (Å²) in [4.78, 5) is 29.9. The fraction of sp³-hybridized carbons (Fsp3) is 0.500. The molecular formula is C18H22N4O3. The summed E-state index contributed by atoms with van der Waals surface area (Å²) < 4.78 is 7.66. The SMILES string of the molecule is O=C(c1cc2c([nH]c1=O)CCC2)N1CCCO[C@@H](Cn2cccn2)C1. The Kier molecular flexibility index (Phi) is 4.40. The Hall–Kier alpha value is -2.41. The zero-order valence-corrected chi connectivity index (χ0v) is 14.1. The Morgan fingerprint density at radius 3 is 3.12 bits per heavy atom. The molecule has 2 aliphatic rings. The first-order chi connectivity index (χ1) is 12.2. The molecular weight excluding hydrogens is 320 g/mol. The van der Waals surface area contributed by atoms with E-state index in [0.29, 0.717) is 26.2 Å². The van der Waals surface area contributed by atoms with Crippen LogP contribution in [0.2, 0.25) is 0 Å². The molecule has 0 spiro atoms. The van der Waals surface area contributed by atoms with Crippen molar-refractivity contribution in [1.29, 1.82) is 0 Å². The van der Waals surface area contributed by atoms with Crippen molar-refractivity contribution in [2.45, 2.75) is 38.3 Å². The van der Waals surface area contributed by atoms with Crippen molar-refractivity contribution in [3.05, 3.63) is 51.7 Å². The average Bonchev–Trinajstić information content (AvgIpc) is 3.21. The van der Waals surface area contributed by atoms with Gasteiger partial charge in [0.15, 0.2) is 0 Å². The van der Waals surface area contributed by atoms with Gasteiger partial charge in [-0.2, -0.15) is 5.10 Å². The van der Waals surface area contributed by atoms with Crippen molar-refractivity contribution in [2.24, 2.45) is 0 Å². The zero-order valence-electron chi connectivity index (χ0n) is 14.1. The van der Waals surface area contributed by atoms with E-state index >= 15 is 0 Å². The van der Waals surface area contributed by atoms with Gasteiger partial charge < -0.3 is 14.6 Å². The van der Waals surface area contributed by atoms with E-state index in [-0.39, 0.29) is 23.1 Å². The highest BCUT2D eigenvalue weighted by Crippen LogP contribution is 2.20. The van der Waals surface area contributed by atoms with Crippen LogP contribution in [-0.4, -0.2) is 51.4 Å². The maximum Gasteiger partial charge on any atom is 0.261 e. The number of H-pyrrole nitrogens is 1. The van der Waals surface area contributed by atoms with Gasteiger partial charge in [-0.1, -0.05) is 0 Å². The van der Waals surface area contributed by atoms with Crippen molar-refractivity contribution in [3.8, 4) is 0 Å². The van der Waals surface area contributed by atoms with Gasteiger partial charge in [-0.3, -0.25) is 14.3 Å².